The summed E-state index contributed by atoms with van der Waals surface area (Å²) < 4.78 is 0. The van der Waals surface area contributed by atoms with E-state index in [2.05, 4.69) is 126 Å². The molecule has 0 spiro atoms. The maximum Gasteiger partial charge on any atom is 0.111 e. The molecule has 0 saturated heterocycles. The van der Waals surface area contributed by atoms with Crippen molar-refractivity contribution in [3.05, 3.63) is 146 Å². The maximum atomic E-state index is 4.26. The first-order valence-electron chi connectivity index (χ1n) is 20.3. The van der Waals surface area contributed by atoms with Gasteiger partial charge in [-0.25, -0.2) is 0 Å². The predicted octanol–water partition coefficient (Wildman–Crippen LogP) is 16.1. The van der Waals surface area contributed by atoms with E-state index in [4.69, 9.17) is 0 Å². The summed E-state index contributed by atoms with van der Waals surface area (Å²) in [5.74, 6) is 1.22. The third-order valence-corrected chi connectivity index (χ3v) is 6.02. The number of amidine groups is 1. The van der Waals surface area contributed by atoms with Gasteiger partial charge in [0.15, 0.2) is 0 Å². The molecule has 54 heavy (non-hydrogen) atoms. The highest BCUT2D eigenvalue weighted by atomic mass is 15.4. The zero-order chi connectivity index (χ0) is 44.3. The SMILES string of the molecule is C/C=C\C.C=C(C)CC1=C(C)C=C(CNC(=C)C(=C)C(=CC(C)CC)NNC(C)=NC)C=CC1.C=C/C=C/CC.C=CC.C=CC.CC.CC.CC.CC. The molecular formula is C50H94N4. The number of nitrogens with one attached hydrogen (secondary N) is 3. The fraction of sp³-hybridized carbons (Fsp3) is 0.500. The first-order valence-corrected chi connectivity index (χ1v) is 20.3. The summed E-state index contributed by atoms with van der Waals surface area (Å²) in [6.45, 7) is 59.9. The van der Waals surface area contributed by atoms with E-state index in [0.29, 0.717) is 12.5 Å². The van der Waals surface area contributed by atoms with Crippen LogP contribution in [0.5, 0.6) is 0 Å². The van der Waals surface area contributed by atoms with Gasteiger partial charge in [-0.2, -0.15) is 0 Å². The van der Waals surface area contributed by atoms with Gasteiger partial charge >= 0.3 is 0 Å². The number of allylic oxidation sites excluding steroid dienone is 13. The molecule has 0 heterocycles. The molecule has 4 heteroatoms. The lowest BCUT2D eigenvalue weighted by molar-refractivity contribution is 0.671. The Morgan fingerprint density at radius 3 is 1.69 bits per heavy atom. The zero-order valence-corrected chi connectivity index (χ0v) is 39.7. The maximum absolute atomic E-state index is 4.26. The van der Waals surface area contributed by atoms with Crippen LogP contribution in [-0.4, -0.2) is 19.4 Å². The number of hydrazine groups is 1. The van der Waals surface area contributed by atoms with Crippen molar-refractivity contribution in [1.29, 1.82) is 0 Å². The number of hydrogen-bond donors (Lipinski definition) is 3. The van der Waals surface area contributed by atoms with Crippen LogP contribution in [0.2, 0.25) is 0 Å². The lowest BCUT2D eigenvalue weighted by Crippen LogP contribution is -2.36. The first kappa shape index (κ1) is 68.0. The lowest BCUT2D eigenvalue weighted by atomic mass is 10.00. The molecule has 0 aromatic carbocycles. The van der Waals surface area contributed by atoms with Crippen molar-refractivity contribution in [2.45, 2.75) is 150 Å². The van der Waals surface area contributed by atoms with Crippen molar-refractivity contribution in [1.82, 2.24) is 16.2 Å². The average molecular weight is 751 g/mol. The molecule has 0 aliphatic heterocycles. The van der Waals surface area contributed by atoms with Crippen LogP contribution >= 0.6 is 0 Å². The second-order valence-corrected chi connectivity index (χ2v) is 10.6. The molecule has 0 saturated carbocycles. The summed E-state index contributed by atoms with van der Waals surface area (Å²) in [4.78, 5) is 4.12. The van der Waals surface area contributed by atoms with Gasteiger partial charge < -0.3 is 5.32 Å². The molecule has 1 aliphatic carbocycles. The smallest absolute Gasteiger partial charge is 0.111 e. The van der Waals surface area contributed by atoms with Crippen molar-refractivity contribution in [3.63, 3.8) is 0 Å². The van der Waals surface area contributed by atoms with Crippen LogP contribution in [0.25, 0.3) is 0 Å². The normalized spacial score (nSPS) is 11.5. The number of hydrogen-bond acceptors (Lipinski definition) is 3. The second-order valence-electron chi connectivity index (χ2n) is 10.6. The highest BCUT2D eigenvalue weighted by Gasteiger charge is 2.10. The highest BCUT2D eigenvalue weighted by Crippen LogP contribution is 2.23. The van der Waals surface area contributed by atoms with Crippen LogP contribution in [0.3, 0.4) is 0 Å². The van der Waals surface area contributed by atoms with Gasteiger partial charge in [-0.3, -0.25) is 15.8 Å². The minimum Gasteiger partial charge on any atom is -0.381 e. The number of nitrogens with zero attached hydrogens (tertiary/aromatic N) is 1. The van der Waals surface area contributed by atoms with E-state index in [1.54, 1.807) is 25.3 Å². The van der Waals surface area contributed by atoms with Gasteiger partial charge in [0.25, 0.3) is 0 Å². The third kappa shape index (κ3) is 54.7. The van der Waals surface area contributed by atoms with Crippen LogP contribution in [0.1, 0.15) is 150 Å². The van der Waals surface area contributed by atoms with Crippen LogP contribution in [0.4, 0.5) is 0 Å². The topological polar surface area (TPSA) is 48.4 Å². The Morgan fingerprint density at radius 1 is 0.852 bits per heavy atom. The van der Waals surface area contributed by atoms with Gasteiger partial charge in [-0.05, 0) is 79.2 Å². The van der Waals surface area contributed by atoms with Gasteiger partial charge in [0.1, 0.15) is 5.84 Å². The van der Waals surface area contributed by atoms with Crippen molar-refractivity contribution in [2.24, 2.45) is 10.9 Å². The van der Waals surface area contributed by atoms with E-state index in [1.165, 1.54) is 22.3 Å². The summed E-state index contributed by atoms with van der Waals surface area (Å²) in [6, 6.07) is 0. The second kappa shape index (κ2) is 61.0. The summed E-state index contributed by atoms with van der Waals surface area (Å²) in [5, 5.41) is 3.44. The van der Waals surface area contributed by atoms with Crippen LogP contribution in [0, 0.1) is 5.92 Å². The molecule has 1 rings (SSSR count). The fourth-order valence-corrected chi connectivity index (χ4v) is 3.17. The van der Waals surface area contributed by atoms with E-state index in [0.717, 1.165) is 48.5 Å². The van der Waals surface area contributed by atoms with Gasteiger partial charge in [-0.1, -0.05) is 192 Å². The summed E-state index contributed by atoms with van der Waals surface area (Å²) in [5.41, 5.74) is 14.1. The van der Waals surface area contributed by atoms with E-state index < -0.39 is 0 Å². The minimum atomic E-state index is 0.421. The summed E-state index contributed by atoms with van der Waals surface area (Å²) in [7, 11) is 1.75. The summed E-state index contributed by atoms with van der Waals surface area (Å²) >= 11 is 0. The van der Waals surface area contributed by atoms with Crippen LogP contribution in [0.15, 0.2) is 151 Å². The molecule has 0 radical (unpaired) electrons. The standard InChI is InChI=1S/C26H40N4.C6H10.C4H8.2C3H6.4C2H6/c1-10-19(4)15-26(30-29-23(8)27-9)21(6)22(7)28-17-24-12-11-13-25(14-18(2)3)20(5)16-24;1-3-5-6-4-2;1-3-4-2;2*1-3-2;4*1-2/h11-12,15-16,19,28,30H,2,6-7,10,13-14,17H2,1,3-5,8-9H3,(H,27,29);3,5-6H,1,4H2,2H3;3-4H,1-2H3;2*3H,1H2,2H3;4*1-2H3/b;6-5+;4-3-;;;;;;. The van der Waals surface area contributed by atoms with Gasteiger partial charge in [0.05, 0.1) is 5.70 Å². The molecule has 4 nitrogen and oxygen atoms in total. The van der Waals surface area contributed by atoms with Gasteiger partial charge in [0, 0.05) is 24.9 Å². The van der Waals surface area contributed by atoms with E-state index in [9.17, 15) is 0 Å². The van der Waals surface area contributed by atoms with Gasteiger partial charge in [-0.15, -0.1) is 13.2 Å². The van der Waals surface area contributed by atoms with Gasteiger partial charge in [0.2, 0.25) is 0 Å². The first-order chi connectivity index (χ1) is 25.8. The Bertz CT molecular complexity index is 1090. The monoisotopic (exact) mass is 751 g/mol. The molecule has 0 bridgehead atoms. The molecule has 0 aromatic heterocycles. The van der Waals surface area contributed by atoms with E-state index >= 15 is 0 Å². The van der Waals surface area contributed by atoms with Crippen molar-refractivity contribution < 1.29 is 0 Å². The molecule has 0 aromatic rings. The number of rotatable bonds is 13. The minimum absolute atomic E-state index is 0.421. The molecule has 1 unspecified atom stereocenters. The Labute approximate surface area is 341 Å². The number of aliphatic imine (C=N–C) groups is 1. The average Bonchev–Trinajstić information content (AvgIpc) is 3.37. The largest absolute Gasteiger partial charge is 0.381 e. The molecule has 3 N–H and O–H groups in total. The van der Waals surface area contributed by atoms with E-state index in [-0.39, 0.29) is 0 Å². The molecule has 1 atom stereocenters. The molecule has 314 valence electrons. The predicted molar refractivity (Wildman–Crippen MR) is 260 cm³/mol. The molecule has 0 fully saturated rings. The van der Waals surface area contributed by atoms with Crippen LogP contribution in [-0.2, 0) is 0 Å². The quantitative estimate of drug-likeness (QED) is 0.0577. The third-order valence-electron chi connectivity index (χ3n) is 6.02. The fourth-order valence-electron chi connectivity index (χ4n) is 3.17. The Balaban J connectivity index is -0.000000120. The zero-order valence-electron chi connectivity index (χ0n) is 39.7. The van der Waals surface area contributed by atoms with Crippen molar-refractivity contribution in [3.8, 4) is 0 Å². The van der Waals surface area contributed by atoms with E-state index in [1.807, 2.05) is 108 Å². The lowest BCUT2D eigenvalue weighted by Gasteiger charge is -2.19. The highest BCUT2D eigenvalue weighted by molar-refractivity contribution is 5.79. The molecule has 0 amide bonds. The molecular weight excluding hydrogens is 657 g/mol. The Hall–Kier alpha value is -4.05. The van der Waals surface area contributed by atoms with Crippen molar-refractivity contribution in [2.75, 3.05) is 13.6 Å². The molecule has 1 aliphatic rings. The Kier molecular flexibility index (Phi) is 76.8. The Morgan fingerprint density at radius 2 is 1.33 bits per heavy atom. The summed E-state index contributed by atoms with van der Waals surface area (Å²) in [6.07, 6.45) is 26.2. The van der Waals surface area contributed by atoms with Crippen LogP contribution < -0.4 is 16.2 Å². The van der Waals surface area contributed by atoms with Crippen molar-refractivity contribution >= 4 is 5.84 Å².